The van der Waals surface area contributed by atoms with Gasteiger partial charge in [0.05, 0.1) is 6.20 Å². The number of alkyl halides is 1. The molecule has 3 heteroatoms. The Labute approximate surface area is 74.4 Å². The van der Waals surface area contributed by atoms with E-state index < -0.39 is 0 Å². The van der Waals surface area contributed by atoms with E-state index >= 15 is 0 Å². The number of rotatable bonds is 1. The zero-order chi connectivity index (χ0) is 7.68. The Morgan fingerprint density at radius 3 is 3.27 bits per heavy atom. The highest BCUT2D eigenvalue weighted by atomic mass is 79.9. The predicted molar refractivity (Wildman–Crippen MR) is 47.8 cm³/mol. The van der Waals surface area contributed by atoms with Crippen LogP contribution in [0.2, 0.25) is 0 Å². The van der Waals surface area contributed by atoms with E-state index in [1.54, 1.807) is 0 Å². The number of hydrogen-bond acceptors (Lipinski definition) is 1. The molecule has 0 saturated carbocycles. The van der Waals surface area contributed by atoms with Crippen LogP contribution in [0.15, 0.2) is 24.4 Å². The maximum Gasteiger partial charge on any atom is 0.274 e. The molecular formula is C8H10BrN2+. The summed E-state index contributed by atoms with van der Waals surface area (Å²) in [5, 5.41) is 4.41. The molecule has 2 rings (SSSR count). The van der Waals surface area contributed by atoms with Crippen molar-refractivity contribution >= 4 is 21.7 Å². The summed E-state index contributed by atoms with van der Waals surface area (Å²) in [4.78, 5) is 0. The fraction of sp³-hybridized carbons (Fsp3) is 0.375. The topological polar surface area (TPSA) is 15.9 Å². The van der Waals surface area contributed by atoms with Crippen molar-refractivity contribution in [3.63, 3.8) is 0 Å². The summed E-state index contributed by atoms with van der Waals surface area (Å²) in [6.45, 7) is 1.07. The first kappa shape index (κ1) is 7.10. The molecule has 1 aromatic rings. The minimum atomic E-state index is 0.553. The molecule has 1 atom stereocenters. The number of nitrogens with zero attached hydrogens (tertiary/aromatic N) is 1. The second-order valence-corrected chi connectivity index (χ2v) is 3.38. The number of fused-ring (bicyclic) bond motifs is 1. The van der Waals surface area contributed by atoms with Gasteiger partial charge in [-0.05, 0) is 6.07 Å². The van der Waals surface area contributed by atoms with E-state index in [1.165, 1.54) is 5.82 Å². The van der Waals surface area contributed by atoms with Crippen LogP contribution in [0, 0.1) is 0 Å². The third kappa shape index (κ3) is 1.25. The molecule has 0 aromatic carbocycles. The van der Waals surface area contributed by atoms with Crippen molar-refractivity contribution in [2.75, 3.05) is 10.6 Å². The molecule has 2 heterocycles. The number of aromatic nitrogens is 1. The highest BCUT2D eigenvalue weighted by Crippen LogP contribution is 2.10. The molecule has 0 fully saturated rings. The molecule has 0 amide bonds. The number of hydrogen-bond donors (Lipinski definition) is 1. The van der Waals surface area contributed by atoms with Crippen LogP contribution in [0.4, 0.5) is 5.82 Å². The van der Waals surface area contributed by atoms with Gasteiger partial charge in [0.25, 0.3) is 5.82 Å². The minimum Gasteiger partial charge on any atom is -0.267 e. The molecule has 1 aliphatic rings. The van der Waals surface area contributed by atoms with E-state index in [4.69, 9.17) is 0 Å². The van der Waals surface area contributed by atoms with Crippen LogP contribution in [0.3, 0.4) is 0 Å². The SMILES string of the molecule is BrCC1C[n+]2ccccc2N1. The van der Waals surface area contributed by atoms with Gasteiger partial charge in [-0.1, -0.05) is 22.0 Å². The van der Waals surface area contributed by atoms with Crippen molar-refractivity contribution < 1.29 is 4.57 Å². The fourth-order valence-electron chi connectivity index (χ4n) is 1.35. The first-order chi connectivity index (χ1) is 5.40. The summed E-state index contributed by atoms with van der Waals surface area (Å²) in [7, 11) is 0. The van der Waals surface area contributed by atoms with E-state index in [2.05, 4.69) is 50.2 Å². The van der Waals surface area contributed by atoms with Gasteiger partial charge in [0, 0.05) is 11.4 Å². The Balaban J connectivity index is 2.27. The zero-order valence-electron chi connectivity index (χ0n) is 6.13. The highest BCUT2D eigenvalue weighted by molar-refractivity contribution is 9.09. The Bertz CT molecular complexity index is 237. The quantitative estimate of drug-likeness (QED) is 0.548. The lowest BCUT2D eigenvalue weighted by Crippen LogP contribution is -2.32. The van der Waals surface area contributed by atoms with Gasteiger partial charge in [-0.25, -0.2) is 4.57 Å². The van der Waals surface area contributed by atoms with E-state index in [-0.39, 0.29) is 0 Å². The lowest BCUT2D eigenvalue weighted by atomic mass is 10.4. The molecule has 0 aliphatic carbocycles. The van der Waals surface area contributed by atoms with E-state index in [1.807, 2.05) is 0 Å². The maximum atomic E-state index is 3.46. The molecule has 58 valence electrons. The van der Waals surface area contributed by atoms with Crippen LogP contribution in [-0.4, -0.2) is 11.4 Å². The zero-order valence-corrected chi connectivity index (χ0v) is 7.71. The standard InChI is InChI=1S/C8H9BrN2/c9-5-7-6-11-4-2-1-3-8(11)10-7/h1-4,7H,5-6H2/p+1. The van der Waals surface area contributed by atoms with Crippen LogP contribution < -0.4 is 9.88 Å². The van der Waals surface area contributed by atoms with Crippen molar-refractivity contribution in [2.45, 2.75) is 12.6 Å². The Hall–Kier alpha value is -0.570. The van der Waals surface area contributed by atoms with Gasteiger partial charge >= 0.3 is 0 Å². The van der Waals surface area contributed by atoms with Crippen molar-refractivity contribution in [1.82, 2.24) is 0 Å². The molecule has 1 aliphatic heterocycles. The van der Waals surface area contributed by atoms with Gasteiger partial charge in [0.15, 0.2) is 0 Å². The molecule has 0 bridgehead atoms. The fourth-order valence-corrected chi connectivity index (χ4v) is 1.71. The van der Waals surface area contributed by atoms with Crippen LogP contribution in [-0.2, 0) is 6.54 Å². The largest absolute Gasteiger partial charge is 0.274 e. The number of pyridine rings is 1. The third-order valence-electron chi connectivity index (χ3n) is 1.90. The molecule has 0 saturated heterocycles. The summed E-state index contributed by atoms with van der Waals surface area (Å²) >= 11 is 3.46. The normalized spacial score (nSPS) is 21.0. The van der Waals surface area contributed by atoms with Crippen molar-refractivity contribution in [3.05, 3.63) is 24.4 Å². The van der Waals surface area contributed by atoms with Crippen LogP contribution >= 0.6 is 15.9 Å². The molecule has 11 heavy (non-hydrogen) atoms. The predicted octanol–water partition coefficient (Wildman–Crippen LogP) is 1.16. The lowest BCUT2D eigenvalue weighted by molar-refractivity contribution is -0.673. The molecule has 0 spiro atoms. The summed E-state index contributed by atoms with van der Waals surface area (Å²) in [6.07, 6.45) is 2.10. The van der Waals surface area contributed by atoms with Gasteiger partial charge in [0.1, 0.15) is 12.6 Å². The van der Waals surface area contributed by atoms with E-state index in [0.717, 1.165) is 11.9 Å². The van der Waals surface area contributed by atoms with Gasteiger partial charge < -0.3 is 0 Å². The Morgan fingerprint density at radius 2 is 2.55 bits per heavy atom. The molecule has 1 unspecified atom stereocenters. The summed E-state index contributed by atoms with van der Waals surface area (Å²) in [5.74, 6) is 1.22. The second kappa shape index (κ2) is 2.81. The average Bonchev–Trinajstić information content (AvgIpc) is 2.46. The first-order valence-electron chi connectivity index (χ1n) is 3.71. The monoisotopic (exact) mass is 213 g/mol. The molecule has 2 nitrogen and oxygen atoms in total. The first-order valence-corrected chi connectivity index (χ1v) is 4.83. The summed E-state index contributed by atoms with van der Waals surface area (Å²) in [6, 6.07) is 6.76. The second-order valence-electron chi connectivity index (χ2n) is 2.73. The van der Waals surface area contributed by atoms with Gasteiger partial charge in [-0.2, -0.15) is 0 Å². The molecule has 1 aromatic heterocycles. The summed E-state index contributed by atoms with van der Waals surface area (Å²) < 4.78 is 2.23. The molecule has 0 radical (unpaired) electrons. The van der Waals surface area contributed by atoms with E-state index in [9.17, 15) is 0 Å². The summed E-state index contributed by atoms with van der Waals surface area (Å²) in [5.41, 5.74) is 0. The smallest absolute Gasteiger partial charge is 0.267 e. The lowest BCUT2D eigenvalue weighted by Gasteiger charge is -1.94. The van der Waals surface area contributed by atoms with E-state index in [0.29, 0.717) is 6.04 Å². The van der Waals surface area contributed by atoms with Crippen LogP contribution in [0.5, 0.6) is 0 Å². The molecular weight excluding hydrogens is 204 g/mol. The van der Waals surface area contributed by atoms with Gasteiger partial charge in [-0.15, -0.1) is 0 Å². The van der Waals surface area contributed by atoms with Gasteiger partial charge in [-0.3, -0.25) is 5.32 Å². The Morgan fingerprint density at radius 1 is 1.64 bits per heavy atom. The average molecular weight is 214 g/mol. The van der Waals surface area contributed by atoms with Crippen molar-refractivity contribution in [3.8, 4) is 0 Å². The molecule has 1 N–H and O–H groups in total. The highest BCUT2D eigenvalue weighted by Gasteiger charge is 2.25. The van der Waals surface area contributed by atoms with Gasteiger partial charge in [0.2, 0.25) is 0 Å². The van der Waals surface area contributed by atoms with Crippen LogP contribution in [0.25, 0.3) is 0 Å². The third-order valence-corrected chi connectivity index (χ3v) is 2.68. The number of nitrogens with one attached hydrogen (secondary N) is 1. The van der Waals surface area contributed by atoms with Crippen molar-refractivity contribution in [1.29, 1.82) is 0 Å². The van der Waals surface area contributed by atoms with Crippen molar-refractivity contribution in [2.24, 2.45) is 0 Å². The number of anilines is 1. The number of halogens is 1. The van der Waals surface area contributed by atoms with Crippen LogP contribution in [0.1, 0.15) is 0 Å². The Kier molecular flexibility index (Phi) is 1.82. The maximum absolute atomic E-state index is 3.46. The minimum absolute atomic E-state index is 0.553.